The van der Waals surface area contributed by atoms with Crippen LogP contribution < -0.4 is 5.32 Å². The number of hydrogen-bond donors (Lipinski definition) is 1. The minimum atomic E-state index is 0.788. The summed E-state index contributed by atoms with van der Waals surface area (Å²) >= 11 is 5.81. The number of halogens is 1. The Hall–Kier alpha value is -0.730. The lowest BCUT2D eigenvalue weighted by Crippen LogP contribution is -2.26. The van der Waals surface area contributed by atoms with Crippen LogP contribution in [0.1, 0.15) is 12.8 Å². The fourth-order valence-electron chi connectivity index (χ4n) is 1.64. The van der Waals surface area contributed by atoms with Gasteiger partial charge < -0.3 is 10.2 Å². The molecule has 0 aliphatic heterocycles. The smallest absolute Gasteiger partial charge is 0.0407 e. The first-order valence-corrected chi connectivity index (χ1v) is 5.83. The van der Waals surface area contributed by atoms with Gasteiger partial charge in [-0.25, -0.2) is 0 Å². The molecule has 1 aliphatic carbocycles. The molecule has 1 aromatic carbocycles. The van der Waals surface area contributed by atoms with Gasteiger partial charge in [-0.1, -0.05) is 11.6 Å². The maximum Gasteiger partial charge on any atom is 0.0407 e. The van der Waals surface area contributed by atoms with E-state index in [1.807, 2.05) is 24.3 Å². The summed E-state index contributed by atoms with van der Waals surface area (Å²) in [6.45, 7) is 2.10. The second-order valence-electron chi connectivity index (χ2n) is 4.15. The Balaban J connectivity index is 1.70. The Morgan fingerprint density at radius 1 is 1.33 bits per heavy atom. The van der Waals surface area contributed by atoms with Crippen molar-refractivity contribution in [2.45, 2.75) is 18.9 Å². The number of hydrogen-bond acceptors (Lipinski definition) is 2. The molecular weight excluding hydrogens is 208 g/mol. The Morgan fingerprint density at radius 3 is 2.60 bits per heavy atom. The minimum Gasteiger partial charge on any atom is -0.384 e. The first-order chi connectivity index (χ1) is 7.25. The van der Waals surface area contributed by atoms with Gasteiger partial charge in [0.2, 0.25) is 0 Å². The maximum atomic E-state index is 5.81. The van der Waals surface area contributed by atoms with E-state index in [0.29, 0.717) is 0 Å². The predicted molar refractivity (Wildman–Crippen MR) is 65.6 cm³/mol. The first-order valence-electron chi connectivity index (χ1n) is 5.45. The van der Waals surface area contributed by atoms with Gasteiger partial charge in [-0.3, -0.25) is 0 Å². The Morgan fingerprint density at radius 2 is 2.00 bits per heavy atom. The molecule has 0 unspecified atom stereocenters. The second kappa shape index (κ2) is 4.86. The van der Waals surface area contributed by atoms with Crippen LogP contribution in [0, 0.1) is 0 Å². The van der Waals surface area contributed by atoms with E-state index in [1.165, 1.54) is 12.8 Å². The molecule has 3 heteroatoms. The third-order valence-electron chi connectivity index (χ3n) is 2.81. The molecule has 0 radical (unpaired) electrons. The molecule has 1 N–H and O–H groups in total. The molecule has 0 spiro atoms. The summed E-state index contributed by atoms with van der Waals surface area (Å²) in [7, 11) is 2.20. The lowest BCUT2D eigenvalue weighted by molar-refractivity contribution is 0.337. The second-order valence-corrected chi connectivity index (χ2v) is 4.58. The molecule has 0 amide bonds. The van der Waals surface area contributed by atoms with E-state index < -0.39 is 0 Å². The molecule has 2 rings (SSSR count). The van der Waals surface area contributed by atoms with Gasteiger partial charge in [0, 0.05) is 29.8 Å². The SMILES string of the molecule is CN(CCNc1ccc(Cl)cc1)C1CC1. The van der Waals surface area contributed by atoms with Crippen molar-refractivity contribution < 1.29 is 0 Å². The quantitative estimate of drug-likeness (QED) is 0.828. The van der Waals surface area contributed by atoms with Gasteiger partial charge in [0.25, 0.3) is 0 Å². The predicted octanol–water partition coefficient (Wildman–Crippen LogP) is 2.85. The van der Waals surface area contributed by atoms with E-state index in [2.05, 4.69) is 17.3 Å². The molecule has 1 saturated carbocycles. The van der Waals surface area contributed by atoms with Gasteiger partial charge in [-0.05, 0) is 44.2 Å². The summed E-state index contributed by atoms with van der Waals surface area (Å²) in [5, 5.41) is 4.17. The monoisotopic (exact) mass is 224 g/mol. The van der Waals surface area contributed by atoms with Gasteiger partial charge in [0.05, 0.1) is 0 Å². The van der Waals surface area contributed by atoms with E-state index in [0.717, 1.165) is 29.8 Å². The summed E-state index contributed by atoms with van der Waals surface area (Å²) in [5.41, 5.74) is 1.14. The maximum absolute atomic E-state index is 5.81. The average Bonchev–Trinajstić information content (AvgIpc) is 3.04. The molecule has 1 aliphatic rings. The molecule has 82 valence electrons. The van der Waals surface area contributed by atoms with Gasteiger partial charge in [0.1, 0.15) is 0 Å². The summed E-state index contributed by atoms with van der Waals surface area (Å²) < 4.78 is 0. The molecule has 2 nitrogen and oxygen atoms in total. The van der Waals surface area contributed by atoms with Crippen molar-refractivity contribution in [2.75, 3.05) is 25.5 Å². The number of anilines is 1. The highest BCUT2D eigenvalue weighted by Gasteiger charge is 2.25. The fraction of sp³-hybridized carbons (Fsp3) is 0.500. The van der Waals surface area contributed by atoms with Gasteiger partial charge in [-0.15, -0.1) is 0 Å². The highest BCUT2D eigenvalue weighted by Crippen LogP contribution is 2.24. The number of likely N-dealkylation sites (N-methyl/N-ethyl adjacent to an activating group) is 1. The first kappa shape index (κ1) is 10.8. The Labute approximate surface area is 96.2 Å². The zero-order valence-corrected chi connectivity index (χ0v) is 9.80. The van der Waals surface area contributed by atoms with Crippen molar-refractivity contribution in [1.82, 2.24) is 4.90 Å². The molecule has 0 atom stereocenters. The van der Waals surface area contributed by atoms with Crippen LogP contribution in [0.25, 0.3) is 0 Å². The summed E-state index contributed by atoms with van der Waals surface area (Å²) in [5.74, 6) is 0. The van der Waals surface area contributed by atoms with E-state index >= 15 is 0 Å². The topological polar surface area (TPSA) is 15.3 Å². The van der Waals surface area contributed by atoms with Crippen molar-refractivity contribution in [3.05, 3.63) is 29.3 Å². The van der Waals surface area contributed by atoms with E-state index in [4.69, 9.17) is 11.6 Å². The molecule has 0 saturated heterocycles. The van der Waals surface area contributed by atoms with Crippen LogP contribution >= 0.6 is 11.6 Å². The summed E-state index contributed by atoms with van der Waals surface area (Å²) in [6.07, 6.45) is 2.74. The highest BCUT2D eigenvalue weighted by atomic mass is 35.5. The van der Waals surface area contributed by atoms with Crippen LogP contribution in [0.5, 0.6) is 0 Å². The number of nitrogens with one attached hydrogen (secondary N) is 1. The third-order valence-corrected chi connectivity index (χ3v) is 3.06. The normalized spacial score (nSPS) is 15.7. The van der Waals surface area contributed by atoms with Crippen LogP contribution in [-0.4, -0.2) is 31.1 Å². The summed E-state index contributed by atoms with van der Waals surface area (Å²) in [4.78, 5) is 2.42. The number of nitrogens with zero attached hydrogens (tertiary/aromatic N) is 1. The van der Waals surface area contributed by atoms with Crippen LogP contribution in [0.2, 0.25) is 5.02 Å². The van der Waals surface area contributed by atoms with Crippen LogP contribution in [0.4, 0.5) is 5.69 Å². The molecular formula is C12H17ClN2. The van der Waals surface area contributed by atoms with E-state index in [-0.39, 0.29) is 0 Å². The lowest BCUT2D eigenvalue weighted by atomic mass is 10.3. The van der Waals surface area contributed by atoms with E-state index in [9.17, 15) is 0 Å². The standard InChI is InChI=1S/C12H17ClN2/c1-15(12-6-7-12)9-8-14-11-4-2-10(13)3-5-11/h2-5,12,14H,6-9H2,1H3. The Kier molecular flexibility index (Phi) is 3.49. The zero-order valence-electron chi connectivity index (χ0n) is 9.04. The Bertz CT molecular complexity index is 306. The van der Waals surface area contributed by atoms with Crippen molar-refractivity contribution in [3.63, 3.8) is 0 Å². The summed E-state index contributed by atoms with van der Waals surface area (Å²) in [6, 6.07) is 8.69. The molecule has 0 aromatic heterocycles. The molecule has 1 fully saturated rings. The molecule has 15 heavy (non-hydrogen) atoms. The average molecular weight is 225 g/mol. The van der Waals surface area contributed by atoms with Crippen molar-refractivity contribution in [2.24, 2.45) is 0 Å². The van der Waals surface area contributed by atoms with E-state index in [1.54, 1.807) is 0 Å². The number of rotatable bonds is 5. The fourth-order valence-corrected chi connectivity index (χ4v) is 1.77. The lowest BCUT2D eigenvalue weighted by Gasteiger charge is -2.16. The molecule has 0 bridgehead atoms. The van der Waals surface area contributed by atoms with Crippen molar-refractivity contribution in [1.29, 1.82) is 0 Å². The van der Waals surface area contributed by atoms with Gasteiger partial charge in [-0.2, -0.15) is 0 Å². The van der Waals surface area contributed by atoms with Crippen molar-refractivity contribution >= 4 is 17.3 Å². The van der Waals surface area contributed by atoms with Gasteiger partial charge in [0.15, 0.2) is 0 Å². The third kappa shape index (κ3) is 3.40. The molecule has 0 heterocycles. The number of benzene rings is 1. The zero-order chi connectivity index (χ0) is 10.7. The minimum absolute atomic E-state index is 0.788. The molecule has 1 aromatic rings. The van der Waals surface area contributed by atoms with Crippen LogP contribution in [0.15, 0.2) is 24.3 Å². The van der Waals surface area contributed by atoms with Crippen LogP contribution in [-0.2, 0) is 0 Å². The van der Waals surface area contributed by atoms with Crippen molar-refractivity contribution in [3.8, 4) is 0 Å². The van der Waals surface area contributed by atoms with Gasteiger partial charge >= 0.3 is 0 Å². The highest BCUT2D eigenvalue weighted by molar-refractivity contribution is 6.30. The largest absolute Gasteiger partial charge is 0.384 e. The van der Waals surface area contributed by atoms with Crippen LogP contribution in [0.3, 0.4) is 0 Å².